The van der Waals surface area contributed by atoms with Gasteiger partial charge in [-0.25, -0.2) is 4.79 Å². The van der Waals surface area contributed by atoms with Crippen molar-refractivity contribution >= 4 is 16.3 Å². The smallest absolute Gasteiger partial charge is 0.407 e. The molecule has 1 fully saturated rings. The largest absolute Gasteiger partial charge is 0.444 e. The van der Waals surface area contributed by atoms with Crippen LogP contribution in [-0.2, 0) is 15.0 Å². The average molecular weight is 267 g/mol. The Labute approximate surface area is 101 Å². The zero-order valence-electron chi connectivity index (χ0n) is 10.2. The van der Waals surface area contributed by atoms with Gasteiger partial charge < -0.3 is 10.1 Å². The molecule has 0 aromatic heterocycles. The van der Waals surface area contributed by atoms with E-state index in [1.54, 1.807) is 20.8 Å². The summed E-state index contributed by atoms with van der Waals surface area (Å²) in [6, 6.07) is -0.310. The molecule has 2 atom stereocenters. The van der Waals surface area contributed by atoms with Crippen molar-refractivity contribution in [3.8, 4) is 0 Å². The van der Waals surface area contributed by atoms with E-state index in [1.165, 1.54) is 0 Å². The van der Waals surface area contributed by atoms with Gasteiger partial charge in [0.25, 0.3) is 0 Å². The Morgan fingerprint density at radius 2 is 2.00 bits per heavy atom. The second-order valence-electron chi connectivity index (χ2n) is 5.30. The van der Waals surface area contributed by atoms with Gasteiger partial charge in [0.15, 0.2) is 0 Å². The van der Waals surface area contributed by atoms with Crippen LogP contribution in [-0.4, -0.2) is 31.9 Å². The second-order valence-corrected chi connectivity index (χ2v) is 6.71. The van der Waals surface area contributed by atoms with E-state index in [-0.39, 0.29) is 12.0 Å². The van der Waals surface area contributed by atoms with E-state index >= 15 is 0 Å². The lowest BCUT2D eigenvalue weighted by Crippen LogP contribution is -2.50. The first kappa shape index (κ1) is 14.2. The van der Waals surface area contributed by atoms with E-state index in [1.807, 2.05) is 0 Å². The summed E-state index contributed by atoms with van der Waals surface area (Å²) < 4.78 is 38.5. The molecule has 100 valence electrons. The number of rotatable bonds is 3. The van der Waals surface area contributed by atoms with Crippen LogP contribution < -0.4 is 5.32 Å². The number of halogens is 1. The van der Waals surface area contributed by atoms with Gasteiger partial charge in [-0.2, -0.15) is 8.42 Å². The summed E-state index contributed by atoms with van der Waals surface area (Å²) in [6.45, 7) is 5.20. The molecule has 2 unspecified atom stereocenters. The fraction of sp³-hybridized carbons (Fsp3) is 0.900. The third-order valence-corrected chi connectivity index (χ3v) is 3.36. The zero-order chi connectivity index (χ0) is 13.3. The summed E-state index contributed by atoms with van der Waals surface area (Å²) in [6.07, 6.45) is 0.659. The van der Waals surface area contributed by atoms with Gasteiger partial charge in [-0.15, -0.1) is 3.89 Å². The fourth-order valence-corrected chi connectivity index (χ4v) is 2.58. The number of carbonyl (C=O) groups is 1. The van der Waals surface area contributed by atoms with Gasteiger partial charge in [0.2, 0.25) is 0 Å². The first-order valence-corrected chi connectivity index (χ1v) is 7.04. The number of hydrogen-bond acceptors (Lipinski definition) is 4. The predicted molar refractivity (Wildman–Crippen MR) is 60.8 cm³/mol. The summed E-state index contributed by atoms with van der Waals surface area (Å²) >= 11 is 0. The lowest BCUT2D eigenvalue weighted by Gasteiger charge is -2.36. The van der Waals surface area contributed by atoms with E-state index in [2.05, 4.69) is 5.32 Å². The van der Waals surface area contributed by atoms with Gasteiger partial charge in [-0.1, -0.05) is 0 Å². The molecular formula is C10H18FNO4S. The van der Waals surface area contributed by atoms with Gasteiger partial charge in [0.1, 0.15) is 5.60 Å². The SMILES string of the molecule is CC(C)(C)OC(=O)NC1CCC1CS(=O)(=O)F. The van der Waals surface area contributed by atoms with Crippen LogP contribution in [0.25, 0.3) is 0 Å². The second kappa shape index (κ2) is 4.80. The molecule has 1 amide bonds. The fourth-order valence-electron chi connectivity index (χ4n) is 1.67. The Hall–Kier alpha value is -0.850. The van der Waals surface area contributed by atoms with Crippen molar-refractivity contribution in [2.24, 2.45) is 5.92 Å². The maximum Gasteiger partial charge on any atom is 0.407 e. The minimum absolute atomic E-state index is 0.310. The Morgan fingerprint density at radius 1 is 1.41 bits per heavy atom. The van der Waals surface area contributed by atoms with Crippen molar-refractivity contribution in [1.82, 2.24) is 5.32 Å². The molecular weight excluding hydrogens is 249 g/mol. The van der Waals surface area contributed by atoms with E-state index in [9.17, 15) is 17.1 Å². The number of hydrogen-bond donors (Lipinski definition) is 1. The average Bonchev–Trinajstić information content (AvgIpc) is 2.05. The van der Waals surface area contributed by atoms with Crippen LogP contribution in [0.5, 0.6) is 0 Å². The van der Waals surface area contributed by atoms with Crippen molar-refractivity contribution in [3.05, 3.63) is 0 Å². The molecule has 5 nitrogen and oxygen atoms in total. The van der Waals surface area contributed by atoms with Gasteiger partial charge in [0, 0.05) is 6.04 Å². The topological polar surface area (TPSA) is 72.5 Å². The first-order valence-electron chi connectivity index (χ1n) is 5.49. The minimum Gasteiger partial charge on any atom is -0.444 e. The van der Waals surface area contributed by atoms with Crippen LogP contribution in [0, 0.1) is 5.92 Å². The van der Waals surface area contributed by atoms with E-state index in [0.29, 0.717) is 12.8 Å². The molecule has 1 saturated carbocycles. The van der Waals surface area contributed by atoms with Gasteiger partial charge >= 0.3 is 16.3 Å². The van der Waals surface area contributed by atoms with Crippen LogP contribution in [0.3, 0.4) is 0 Å². The Balaban J connectivity index is 2.41. The van der Waals surface area contributed by atoms with Crippen LogP contribution in [0.4, 0.5) is 8.68 Å². The van der Waals surface area contributed by atoms with Crippen LogP contribution >= 0.6 is 0 Å². The number of ether oxygens (including phenoxy) is 1. The van der Waals surface area contributed by atoms with Crippen molar-refractivity contribution in [3.63, 3.8) is 0 Å². The third kappa shape index (κ3) is 5.34. The summed E-state index contributed by atoms with van der Waals surface area (Å²) in [4.78, 5) is 11.4. The number of nitrogens with one attached hydrogen (secondary N) is 1. The molecule has 0 saturated heterocycles. The van der Waals surface area contributed by atoms with Crippen LogP contribution in [0.15, 0.2) is 0 Å². The van der Waals surface area contributed by atoms with E-state index in [0.717, 1.165) is 0 Å². The maximum atomic E-state index is 12.5. The van der Waals surface area contributed by atoms with Crippen molar-refractivity contribution in [2.45, 2.75) is 45.3 Å². The summed E-state index contributed by atoms with van der Waals surface area (Å²) in [5.74, 6) is -0.884. The normalized spacial score (nSPS) is 24.9. The summed E-state index contributed by atoms with van der Waals surface area (Å²) in [5, 5.41) is 2.55. The van der Waals surface area contributed by atoms with Gasteiger partial charge in [-0.3, -0.25) is 0 Å². The molecule has 0 bridgehead atoms. The predicted octanol–water partition coefficient (Wildman–Crippen LogP) is 1.59. The zero-order valence-corrected chi connectivity index (χ0v) is 11.0. The monoisotopic (exact) mass is 267 g/mol. The molecule has 1 aliphatic carbocycles. The molecule has 0 aliphatic heterocycles. The molecule has 0 aromatic carbocycles. The minimum atomic E-state index is -4.48. The molecule has 1 N–H and O–H groups in total. The van der Waals surface area contributed by atoms with Gasteiger partial charge in [-0.05, 0) is 39.5 Å². The summed E-state index contributed by atoms with van der Waals surface area (Å²) in [5.41, 5.74) is -0.602. The molecule has 17 heavy (non-hydrogen) atoms. The Morgan fingerprint density at radius 3 is 2.35 bits per heavy atom. The first-order chi connectivity index (χ1) is 7.57. The Kier molecular flexibility index (Phi) is 4.01. The number of amides is 1. The highest BCUT2D eigenvalue weighted by atomic mass is 32.3. The molecule has 0 aromatic rings. The van der Waals surface area contributed by atoms with Crippen LogP contribution in [0.1, 0.15) is 33.6 Å². The van der Waals surface area contributed by atoms with E-state index in [4.69, 9.17) is 4.74 Å². The standard InChI is InChI=1S/C10H18FNO4S/c1-10(2,3)16-9(13)12-8-5-4-7(8)6-17(11,14)15/h7-8H,4-6H2,1-3H3,(H,12,13). The highest BCUT2D eigenvalue weighted by molar-refractivity contribution is 7.86. The molecule has 0 heterocycles. The Bertz CT molecular complexity index is 388. The van der Waals surface area contributed by atoms with Gasteiger partial charge in [0.05, 0.1) is 5.75 Å². The van der Waals surface area contributed by atoms with Crippen molar-refractivity contribution < 1.29 is 21.8 Å². The number of carbonyl (C=O) groups excluding carboxylic acids is 1. The third-order valence-electron chi connectivity index (χ3n) is 2.53. The van der Waals surface area contributed by atoms with Crippen molar-refractivity contribution in [2.75, 3.05) is 5.75 Å². The number of alkyl carbamates (subject to hydrolysis) is 1. The lowest BCUT2D eigenvalue weighted by molar-refractivity contribution is 0.0446. The summed E-state index contributed by atoms with van der Waals surface area (Å²) in [7, 11) is -4.48. The highest BCUT2D eigenvalue weighted by Crippen LogP contribution is 2.29. The highest BCUT2D eigenvalue weighted by Gasteiger charge is 2.36. The van der Waals surface area contributed by atoms with Crippen LogP contribution in [0.2, 0.25) is 0 Å². The molecule has 7 heteroatoms. The molecule has 0 radical (unpaired) electrons. The lowest BCUT2D eigenvalue weighted by atomic mass is 9.81. The molecule has 0 spiro atoms. The quantitative estimate of drug-likeness (QED) is 0.788. The van der Waals surface area contributed by atoms with Crippen molar-refractivity contribution in [1.29, 1.82) is 0 Å². The van der Waals surface area contributed by atoms with E-state index < -0.39 is 27.7 Å². The maximum absolute atomic E-state index is 12.5. The molecule has 1 aliphatic rings. The molecule has 1 rings (SSSR count).